The maximum absolute atomic E-state index is 5.54. The van der Waals surface area contributed by atoms with Gasteiger partial charge in [0.2, 0.25) is 5.89 Å². The normalized spacial score (nSPS) is 10.6. The number of oxazole rings is 1. The molecule has 0 saturated heterocycles. The van der Waals surface area contributed by atoms with Crippen molar-refractivity contribution in [3.8, 4) is 0 Å². The van der Waals surface area contributed by atoms with Gasteiger partial charge in [-0.15, -0.1) is 0 Å². The largest absolute Gasteiger partial charge is 0.444 e. The predicted octanol–water partition coefficient (Wildman–Crippen LogP) is 1.93. The number of nitrogen functional groups attached to an aromatic ring is 1. The van der Waals surface area contributed by atoms with Crippen LogP contribution in [0.15, 0.2) is 10.7 Å². The summed E-state index contributed by atoms with van der Waals surface area (Å²) in [7, 11) is 0. The summed E-state index contributed by atoms with van der Waals surface area (Å²) in [6.45, 7) is 6.39. The third-order valence-electron chi connectivity index (χ3n) is 3.06. The van der Waals surface area contributed by atoms with Gasteiger partial charge in [-0.05, 0) is 20.3 Å². The summed E-state index contributed by atoms with van der Waals surface area (Å²) in [4.78, 5) is 12.7. The van der Waals surface area contributed by atoms with Crippen LogP contribution in [0, 0.1) is 13.8 Å². The lowest BCUT2D eigenvalue weighted by Gasteiger charge is -2.12. The fourth-order valence-corrected chi connectivity index (χ4v) is 1.95. The van der Waals surface area contributed by atoms with Gasteiger partial charge >= 0.3 is 0 Å². The van der Waals surface area contributed by atoms with Crippen LogP contribution in [0.3, 0.4) is 0 Å². The van der Waals surface area contributed by atoms with Crippen molar-refractivity contribution in [1.29, 1.82) is 0 Å². The summed E-state index contributed by atoms with van der Waals surface area (Å²) < 4.78 is 5.54. The van der Waals surface area contributed by atoms with Gasteiger partial charge in [-0.2, -0.15) is 0 Å². The first kappa shape index (κ1) is 14.3. The number of rotatable bonds is 6. The molecular weight excluding hydrogens is 256 g/mol. The average molecular weight is 276 g/mol. The summed E-state index contributed by atoms with van der Waals surface area (Å²) in [6.07, 6.45) is 3.29. The predicted molar refractivity (Wildman–Crippen MR) is 77.1 cm³/mol. The summed E-state index contributed by atoms with van der Waals surface area (Å²) in [6, 6.07) is 0. The van der Waals surface area contributed by atoms with Gasteiger partial charge in [0.1, 0.15) is 23.7 Å². The molecule has 2 heterocycles. The lowest BCUT2D eigenvalue weighted by Crippen LogP contribution is -2.14. The summed E-state index contributed by atoms with van der Waals surface area (Å²) in [5, 5.41) is 3.23. The van der Waals surface area contributed by atoms with Crippen molar-refractivity contribution in [1.82, 2.24) is 15.0 Å². The molecule has 0 aliphatic heterocycles. The minimum atomic E-state index is 0.479. The number of anilines is 2. The van der Waals surface area contributed by atoms with Crippen molar-refractivity contribution >= 4 is 11.6 Å². The minimum absolute atomic E-state index is 0.479. The first-order chi connectivity index (χ1) is 9.65. The molecule has 0 aliphatic rings. The number of aromatic nitrogens is 3. The maximum Gasteiger partial charge on any atom is 0.213 e. The van der Waals surface area contributed by atoms with E-state index >= 15 is 0 Å². The summed E-state index contributed by atoms with van der Waals surface area (Å²) in [5.74, 6) is 8.35. The average Bonchev–Trinajstić information content (AvgIpc) is 2.77. The van der Waals surface area contributed by atoms with E-state index in [4.69, 9.17) is 10.3 Å². The molecule has 0 aliphatic carbocycles. The van der Waals surface area contributed by atoms with Crippen LogP contribution >= 0.6 is 0 Å². The minimum Gasteiger partial charge on any atom is -0.444 e. The van der Waals surface area contributed by atoms with Crippen LogP contribution in [0.4, 0.5) is 11.6 Å². The maximum atomic E-state index is 5.54. The van der Waals surface area contributed by atoms with E-state index in [-0.39, 0.29) is 0 Å². The van der Waals surface area contributed by atoms with Crippen molar-refractivity contribution in [2.45, 2.75) is 40.2 Å². The van der Waals surface area contributed by atoms with E-state index in [0.29, 0.717) is 18.3 Å². The second kappa shape index (κ2) is 6.33. The summed E-state index contributed by atoms with van der Waals surface area (Å²) in [5.41, 5.74) is 4.48. The van der Waals surface area contributed by atoms with E-state index in [2.05, 4.69) is 32.6 Å². The lowest BCUT2D eigenvalue weighted by atomic mass is 10.1. The van der Waals surface area contributed by atoms with Crippen molar-refractivity contribution in [3.05, 3.63) is 29.2 Å². The molecule has 7 nitrogen and oxygen atoms in total. The van der Waals surface area contributed by atoms with Crippen LogP contribution in [0.25, 0.3) is 0 Å². The highest BCUT2D eigenvalue weighted by Gasteiger charge is 2.11. The SMILES string of the molecule is CCCc1c(NN)ncnc1NCc1nc(C)c(C)o1. The topological polar surface area (TPSA) is 102 Å². The molecule has 7 heteroatoms. The molecule has 0 unspecified atom stereocenters. The van der Waals surface area contributed by atoms with Gasteiger partial charge in [0.15, 0.2) is 0 Å². The quantitative estimate of drug-likeness (QED) is 0.547. The molecular formula is C13H20N6O. The monoisotopic (exact) mass is 276 g/mol. The number of hydrazine groups is 1. The Labute approximate surface area is 118 Å². The van der Waals surface area contributed by atoms with Gasteiger partial charge in [0.05, 0.1) is 12.2 Å². The van der Waals surface area contributed by atoms with Gasteiger partial charge in [-0.25, -0.2) is 20.8 Å². The highest BCUT2D eigenvalue weighted by Crippen LogP contribution is 2.21. The molecule has 0 radical (unpaired) electrons. The molecule has 0 saturated carbocycles. The van der Waals surface area contributed by atoms with E-state index in [1.54, 1.807) is 0 Å². The van der Waals surface area contributed by atoms with Gasteiger partial charge in [-0.1, -0.05) is 13.3 Å². The third kappa shape index (κ3) is 3.05. The molecule has 2 rings (SSSR count). The number of hydrogen-bond acceptors (Lipinski definition) is 7. The summed E-state index contributed by atoms with van der Waals surface area (Å²) >= 11 is 0. The Hall–Kier alpha value is -2.15. The second-order valence-corrected chi connectivity index (χ2v) is 4.55. The lowest BCUT2D eigenvalue weighted by molar-refractivity contribution is 0.478. The van der Waals surface area contributed by atoms with E-state index in [1.165, 1.54) is 6.33 Å². The number of hydrogen-bond donors (Lipinski definition) is 3. The highest BCUT2D eigenvalue weighted by atomic mass is 16.4. The second-order valence-electron chi connectivity index (χ2n) is 4.55. The molecule has 0 spiro atoms. The van der Waals surface area contributed by atoms with E-state index in [9.17, 15) is 0 Å². The van der Waals surface area contributed by atoms with Crippen LogP contribution in [0.2, 0.25) is 0 Å². The van der Waals surface area contributed by atoms with Crippen LogP contribution in [-0.4, -0.2) is 15.0 Å². The fourth-order valence-electron chi connectivity index (χ4n) is 1.95. The zero-order chi connectivity index (χ0) is 14.5. The van der Waals surface area contributed by atoms with Gasteiger partial charge < -0.3 is 15.2 Å². The fraction of sp³-hybridized carbons (Fsp3) is 0.462. The van der Waals surface area contributed by atoms with Crippen molar-refractivity contribution in [2.75, 3.05) is 10.7 Å². The van der Waals surface area contributed by atoms with Crippen LogP contribution in [0.5, 0.6) is 0 Å². The Morgan fingerprint density at radius 2 is 2.00 bits per heavy atom. The standard InChI is InChI=1S/C13H20N6O/c1-4-5-10-12(16-7-17-13(10)19-14)15-6-11-18-8(2)9(3)20-11/h7H,4-6,14H2,1-3H3,(H2,15,16,17,19). The van der Waals surface area contributed by atoms with E-state index in [1.807, 2.05) is 13.8 Å². The van der Waals surface area contributed by atoms with Crippen LogP contribution in [0.1, 0.15) is 36.3 Å². The van der Waals surface area contributed by atoms with Gasteiger partial charge in [0.25, 0.3) is 0 Å². The van der Waals surface area contributed by atoms with Crippen molar-refractivity contribution in [2.24, 2.45) is 5.84 Å². The Morgan fingerprint density at radius 1 is 1.25 bits per heavy atom. The van der Waals surface area contributed by atoms with Crippen molar-refractivity contribution < 1.29 is 4.42 Å². The van der Waals surface area contributed by atoms with Gasteiger partial charge in [-0.3, -0.25) is 0 Å². The van der Waals surface area contributed by atoms with E-state index < -0.39 is 0 Å². The number of nitrogens with zero attached hydrogens (tertiary/aromatic N) is 3. The Bertz CT molecular complexity index is 561. The number of aryl methyl sites for hydroxylation is 2. The van der Waals surface area contributed by atoms with Crippen molar-refractivity contribution in [3.63, 3.8) is 0 Å². The Kier molecular flexibility index (Phi) is 4.52. The first-order valence-corrected chi connectivity index (χ1v) is 6.63. The molecule has 0 atom stereocenters. The molecule has 2 aromatic heterocycles. The zero-order valence-corrected chi connectivity index (χ0v) is 12.0. The molecule has 20 heavy (non-hydrogen) atoms. The third-order valence-corrected chi connectivity index (χ3v) is 3.06. The molecule has 0 bridgehead atoms. The van der Waals surface area contributed by atoms with Crippen LogP contribution in [-0.2, 0) is 13.0 Å². The van der Waals surface area contributed by atoms with Gasteiger partial charge in [0, 0.05) is 5.56 Å². The Morgan fingerprint density at radius 3 is 2.60 bits per heavy atom. The number of nitrogens with one attached hydrogen (secondary N) is 2. The molecule has 0 fully saturated rings. The molecule has 4 N–H and O–H groups in total. The van der Waals surface area contributed by atoms with E-state index in [0.717, 1.165) is 35.7 Å². The molecule has 2 aromatic rings. The molecule has 108 valence electrons. The first-order valence-electron chi connectivity index (χ1n) is 6.63. The molecule has 0 amide bonds. The smallest absolute Gasteiger partial charge is 0.213 e. The zero-order valence-electron chi connectivity index (χ0n) is 12.0. The Balaban J connectivity index is 2.16. The molecule has 0 aromatic carbocycles. The number of nitrogens with two attached hydrogens (primary N) is 1. The van der Waals surface area contributed by atoms with Crippen LogP contribution < -0.4 is 16.6 Å². The highest BCUT2D eigenvalue weighted by molar-refractivity contribution is 5.56.